The van der Waals surface area contributed by atoms with Crippen LogP contribution in [-0.4, -0.2) is 49.1 Å². The van der Waals surface area contributed by atoms with Crippen molar-refractivity contribution in [3.8, 4) is 11.5 Å². The van der Waals surface area contributed by atoms with E-state index in [0.29, 0.717) is 43.7 Å². The lowest BCUT2D eigenvalue weighted by Gasteiger charge is -2.14. The quantitative estimate of drug-likeness (QED) is 0.769. The van der Waals surface area contributed by atoms with Gasteiger partial charge in [0.2, 0.25) is 5.95 Å². The maximum Gasteiger partial charge on any atom is 0.221 e. The molecule has 2 aromatic rings. The second kappa shape index (κ2) is 8.00. The number of aryl methyl sites for hydroxylation is 1. The van der Waals surface area contributed by atoms with Crippen molar-refractivity contribution in [2.75, 3.05) is 32.7 Å². The Labute approximate surface area is 146 Å². The molecule has 0 bridgehead atoms. The standard InChI is InChI=1S/C17H22N4O4/c1-12-11-21(17(18)20-12)19-10-13-4-3-5-14(22-2)16(13)25-7-6-15-23-8-9-24-15/h3-5,10-11,15H,6-9H2,1-2H3,(H2,18,20). The monoisotopic (exact) mass is 346 g/mol. The van der Waals surface area contributed by atoms with Gasteiger partial charge in [-0.25, -0.2) is 9.66 Å². The van der Waals surface area contributed by atoms with Crippen LogP contribution in [0.5, 0.6) is 11.5 Å². The fourth-order valence-corrected chi connectivity index (χ4v) is 2.50. The Balaban J connectivity index is 1.74. The van der Waals surface area contributed by atoms with Crippen molar-refractivity contribution in [2.45, 2.75) is 19.6 Å². The van der Waals surface area contributed by atoms with E-state index in [0.717, 1.165) is 11.3 Å². The van der Waals surface area contributed by atoms with Crippen LogP contribution in [0.25, 0.3) is 0 Å². The molecule has 1 aliphatic rings. The first-order chi connectivity index (χ1) is 12.2. The molecule has 2 N–H and O–H groups in total. The number of rotatable bonds is 7. The number of nitrogen functional groups attached to an aromatic ring is 1. The summed E-state index contributed by atoms with van der Waals surface area (Å²) in [5.74, 6) is 1.57. The summed E-state index contributed by atoms with van der Waals surface area (Å²) >= 11 is 0. The number of hydrogen-bond acceptors (Lipinski definition) is 7. The zero-order valence-corrected chi connectivity index (χ0v) is 14.3. The first-order valence-corrected chi connectivity index (χ1v) is 8.06. The summed E-state index contributed by atoms with van der Waals surface area (Å²) in [6.45, 7) is 3.56. The van der Waals surface area contributed by atoms with Gasteiger partial charge in [0.05, 0.1) is 45.0 Å². The van der Waals surface area contributed by atoms with E-state index in [1.807, 2.05) is 25.1 Å². The molecule has 0 atom stereocenters. The topological polar surface area (TPSA) is 93.1 Å². The molecule has 1 aromatic carbocycles. The van der Waals surface area contributed by atoms with Crippen molar-refractivity contribution in [2.24, 2.45) is 5.10 Å². The van der Waals surface area contributed by atoms with E-state index < -0.39 is 0 Å². The zero-order valence-electron chi connectivity index (χ0n) is 14.3. The van der Waals surface area contributed by atoms with Crippen LogP contribution in [0.15, 0.2) is 29.5 Å². The number of nitrogens with two attached hydrogens (primary N) is 1. The molecule has 134 valence electrons. The minimum absolute atomic E-state index is 0.208. The van der Waals surface area contributed by atoms with Crippen LogP contribution in [0.4, 0.5) is 5.95 Å². The summed E-state index contributed by atoms with van der Waals surface area (Å²) in [6.07, 6.45) is 3.85. The Hall–Kier alpha value is -2.58. The Kier molecular flexibility index (Phi) is 5.52. The Morgan fingerprint density at radius 2 is 2.20 bits per heavy atom. The number of ether oxygens (including phenoxy) is 4. The zero-order chi connectivity index (χ0) is 17.6. The molecule has 1 fully saturated rings. The van der Waals surface area contributed by atoms with E-state index in [1.165, 1.54) is 4.68 Å². The van der Waals surface area contributed by atoms with Crippen LogP contribution in [0.1, 0.15) is 17.7 Å². The van der Waals surface area contributed by atoms with Gasteiger partial charge in [-0.1, -0.05) is 6.07 Å². The second-order valence-electron chi connectivity index (χ2n) is 5.52. The van der Waals surface area contributed by atoms with Crippen LogP contribution >= 0.6 is 0 Å². The fourth-order valence-electron chi connectivity index (χ4n) is 2.50. The van der Waals surface area contributed by atoms with Crippen molar-refractivity contribution in [1.82, 2.24) is 9.66 Å². The average molecular weight is 346 g/mol. The first-order valence-electron chi connectivity index (χ1n) is 8.06. The number of aromatic nitrogens is 2. The van der Waals surface area contributed by atoms with E-state index in [1.54, 1.807) is 19.5 Å². The molecular weight excluding hydrogens is 324 g/mol. The molecule has 3 rings (SSSR count). The highest BCUT2D eigenvalue weighted by molar-refractivity contribution is 5.85. The Morgan fingerprint density at radius 1 is 1.40 bits per heavy atom. The maximum atomic E-state index is 5.91. The molecule has 0 radical (unpaired) electrons. The molecule has 1 aliphatic heterocycles. The van der Waals surface area contributed by atoms with Crippen LogP contribution in [0.3, 0.4) is 0 Å². The van der Waals surface area contributed by atoms with Gasteiger partial charge in [-0.3, -0.25) is 0 Å². The van der Waals surface area contributed by atoms with E-state index in [4.69, 9.17) is 24.7 Å². The van der Waals surface area contributed by atoms with E-state index in [2.05, 4.69) is 10.1 Å². The predicted molar refractivity (Wildman–Crippen MR) is 93.2 cm³/mol. The average Bonchev–Trinajstić information content (AvgIpc) is 3.23. The third-order valence-electron chi connectivity index (χ3n) is 3.68. The van der Waals surface area contributed by atoms with Gasteiger partial charge in [0, 0.05) is 12.0 Å². The number of methoxy groups -OCH3 is 1. The maximum absolute atomic E-state index is 5.91. The van der Waals surface area contributed by atoms with Crippen molar-refractivity contribution < 1.29 is 18.9 Å². The van der Waals surface area contributed by atoms with Gasteiger partial charge in [-0.05, 0) is 19.1 Å². The first kappa shape index (κ1) is 17.2. The second-order valence-corrected chi connectivity index (χ2v) is 5.52. The van der Waals surface area contributed by atoms with Crippen LogP contribution in [0, 0.1) is 6.92 Å². The SMILES string of the molecule is COc1cccc(C=Nn2cc(C)nc2N)c1OCCC1OCCO1. The number of nitrogens with zero attached hydrogens (tertiary/aromatic N) is 3. The number of benzene rings is 1. The highest BCUT2D eigenvalue weighted by atomic mass is 16.7. The fraction of sp³-hybridized carbons (Fsp3) is 0.412. The van der Waals surface area contributed by atoms with E-state index >= 15 is 0 Å². The summed E-state index contributed by atoms with van der Waals surface area (Å²) in [5, 5.41) is 4.34. The molecule has 8 nitrogen and oxygen atoms in total. The summed E-state index contributed by atoms with van der Waals surface area (Å²) < 4.78 is 23.6. The van der Waals surface area contributed by atoms with Crippen molar-refractivity contribution in [3.05, 3.63) is 35.7 Å². The number of imidazole rings is 1. The van der Waals surface area contributed by atoms with Crippen molar-refractivity contribution in [1.29, 1.82) is 0 Å². The van der Waals surface area contributed by atoms with Crippen LogP contribution < -0.4 is 15.2 Å². The normalized spacial score (nSPS) is 15.1. The van der Waals surface area contributed by atoms with Gasteiger partial charge in [-0.2, -0.15) is 5.10 Å². The molecule has 2 heterocycles. The van der Waals surface area contributed by atoms with Crippen molar-refractivity contribution in [3.63, 3.8) is 0 Å². The van der Waals surface area contributed by atoms with Crippen LogP contribution in [-0.2, 0) is 9.47 Å². The van der Waals surface area contributed by atoms with Gasteiger partial charge in [0.25, 0.3) is 0 Å². The molecule has 0 saturated carbocycles. The van der Waals surface area contributed by atoms with E-state index in [9.17, 15) is 0 Å². The molecule has 0 unspecified atom stereocenters. The Bertz CT molecular complexity index is 738. The summed E-state index contributed by atoms with van der Waals surface area (Å²) in [7, 11) is 1.60. The number of anilines is 1. The molecule has 25 heavy (non-hydrogen) atoms. The molecule has 0 aliphatic carbocycles. The minimum Gasteiger partial charge on any atom is -0.493 e. The Morgan fingerprint density at radius 3 is 2.88 bits per heavy atom. The number of hydrogen-bond donors (Lipinski definition) is 1. The third kappa shape index (κ3) is 4.28. The van der Waals surface area contributed by atoms with Crippen LogP contribution in [0.2, 0.25) is 0 Å². The summed E-state index contributed by atoms with van der Waals surface area (Å²) in [6, 6.07) is 5.60. The molecular formula is C17H22N4O4. The highest BCUT2D eigenvalue weighted by Gasteiger charge is 2.17. The lowest BCUT2D eigenvalue weighted by Crippen LogP contribution is -2.13. The van der Waals surface area contributed by atoms with Gasteiger partial charge < -0.3 is 24.7 Å². The molecule has 1 saturated heterocycles. The molecule has 1 aromatic heterocycles. The molecule has 8 heteroatoms. The summed E-state index contributed by atoms with van der Waals surface area (Å²) in [4.78, 5) is 4.12. The smallest absolute Gasteiger partial charge is 0.221 e. The minimum atomic E-state index is -0.208. The molecule has 0 amide bonds. The lowest BCUT2D eigenvalue weighted by atomic mass is 10.2. The predicted octanol–water partition coefficient (Wildman–Crippen LogP) is 1.81. The summed E-state index contributed by atoms with van der Waals surface area (Å²) in [5.41, 5.74) is 7.38. The van der Waals surface area contributed by atoms with E-state index in [-0.39, 0.29) is 6.29 Å². The van der Waals surface area contributed by atoms with Gasteiger partial charge >= 0.3 is 0 Å². The number of para-hydroxylation sites is 1. The van der Waals surface area contributed by atoms with Gasteiger partial charge in [0.1, 0.15) is 0 Å². The van der Waals surface area contributed by atoms with Gasteiger partial charge in [-0.15, -0.1) is 0 Å². The largest absolute Gasteiger partial charge is 0.493 e. The molecule has 0 spiro atoms. The lowest BCUT2D eigenvalue weighted by molar-refractivity contribution is -0.0532. The van der Waals surface area contributed by atoms with Gasteiger partial charge in [0.15, 0.2) is 17.8 Å². The highest BCUT2D eigenvalue weighted by Crippen LogP contribution is 2.30. The van der Waals surface area contributed by atoms with Crippen molar-refractivity contribution >= 4 is 12.2 Å². The third-order valence-corrected chi connectivity index (χ3v) is 3.68.